The number of primary amides is 1. The monoisotopic (exact) mass is 332 g/mol. The summed E-state index contributed by atoms with van der Waals surface area (Å²) in [5.74, 6) is -1.08. The molecule has 0 spiro atoms. The predicted molar refractivity (Wildman–Crippen MR) is 88.5 cm³/mol. The Morgan fingerprint density at radius 2 is 2.00 bits per heavy atom. The summed E-state index contributed by atoms with van der Waals surface area (Å²) in [6, 6.07) is 7.91. The van der Waals surface area contributed by atoms with E-state index >= 15 is 0 Å². The number of carbonyl (C=O) groups is 2. The first kappa shape index (κ1) is 16.8. The number of nitrogens with one attached hydrogen (secondary N) is 1. The largest absolute Gasteiger partial charge is 0.368 e. The van der Waals surface area contributed by atoms with E-state index in [9.17, 15) is 9.59 Å². The number of aromatic nitrogens is 2. The van der Waals surface area contributed by atoms with Crippen molar-refractivity contribution in [3.05, 3.63) is 58.4 Å². The van der Waals surface area contributed by atoms with Gasteiger partial charge in [-0.3, -0.25) is 14.3 Å². The number of benzene rings is 1. The van der Waals surface area contributed by atoms with E-state index in [1.807, 2.05) is 6.07 Å². The van der Waals surface area contributed by atoms with Gasteiger partial charge in [0.1, 0.15) is 11.2 Å². The average Bonchev–Trinajstić information content (AvgIpc) is 2.76. The number of nitrogens with zero attached hydrogens (tertiary/aromatic N) is 2. The Morgan fingerprint density at radius 1 is 1.35 bits per heavy atom. The lowest BCUT2D eigenvalue weighted by Gasteiger charge is -2.14. The fourth-order valence-electron chi connectivity index (χ4n) is 2.15. The van der Waals surface area contributed by atoms with E-state index in [4.69, 9.17) is 17.3 Å². The van der Waals surface area contributed by atoms with Gasteiger partial charge < -0.3 is 11.1 Å². The van der Waals surface area contributed by atoms with E-state index in [1.54, 1.807) is 44.3 Å². The number of halogens is 1. The van der Waals surface area contributed by atoms with Gasteiger partial charge in [-0.2, -0.15) is 5.10 Å². The van der Waals surface area contributed by atoms with E-state index in [0.717, 1.165) is 0 Å². The zero-order valence-corrected chi connectivity index (χ0v) is 13.5. The minimum Gasteiger partial charge on any atom is -0.368 e. The van der Waals surface area contributed by atoms with Crippen LogP contribution in [-0.4, -0.2) is 21.6 Å². The highest BCUT2D eigenvalue weighted by Crippen LogP contribution is 2.20. The molecule has 3 N–H and O–H groups in total. The Kier molecular flexibility index (Phi) is 5.18. The van der Waals surface area contributed by atoms with E-state index in [1.165, 1.54) is 10.8 Å². The first-order chi connectivity index (χ1) is 10.9. The molecule has 1 aromatic heterocycles. The second kappa shape index (κ2) is 7.11. The highest BCUT2D eigenvalue weighted by molar-refractivity contribution is 6.31. The van der Waals surface area contributed by atoms with Gasteiger partial charge in [0, 0.05) is 18.7 Å². The van der Waals surface area contributed by atoms with Crippen molar-refractivity contribution in [2.45, 2.75) is 13.0 Å². The molecule has 0 bridgehead atoms. The van der Waals surface area contributed by atoms with Crippen molar-refractivity contribution in [1.29, 1.82) is 0 Å². The summed E-state index contributed by atoms with van der Waals surface area (Å²) >= 11 is 6.09. The van der Waals surface area contributed by atoms with Crippen molar-refractivity contribution in [1.82, 2.24) is 15.1 Å². The first-order valence-corrected chi connectivity index (χ1v) is 7.30. The Bertz CT molecular complexity index is 753. The molecule has 1 heterocycles. The molecule has 2 aromatic rings. The van der Waals surface area contributed by atoms with Crippen LogP contribution in [-0.2, 0) is 16.6 Å². The fraction of sp³-hybridized carbons (Fsp3) is 0.188. The SMILES string of the molecule is Cc1nn(C)c(Cl)c1/C=C/C(=O)NC(C(N)=O)c1ccccc1. The van der Waals surface area contributed by atoms with Crippen LogP contribution in [0.1, 0.15) is 22.9 Å². The van der Waals surface area contributed by atoms with Crippen molar-refractivity contribution in [3.63, 3.8) is 0 Å². The van der Waals surface area contributed by atoms with Gasteiger partial charge in [0.05, 0.1) is 5.69 Å². The fourth-order valence-corrected chi connectivity index (χ4v) is 2.39. The van der Waals surface area contributed by atoms with Gasteiger partial charge in [0.25, 0.3) is 0 Å². The molecule has 0 aliphatic heterocycles. The highest BCUT2D eigenvalue weighted by Gasteiger charge is 2.19. The van der Waals surface area contributed by atoms with Crippen LogP contribution in [0.2, 0.25) is 5.15 Å². The number of aryl methyl sites for hydroxylation is 2. The van der Waals surface area contributed by atoms with Gasteiger partial charge in [0.15, 0.2) is 0 Å². The maximum Gasteiger partial charge on any atom is 0.244 e. The van der Waals surface area contributed by atoms with Crippen LogP contribution in [0.25, 0.3) is 6.08 Å². The molecule has 0 saturated carbocycles. The van der Waals surface area contributed by atoms with Crippen LogP contribution < -0.4 is 11.1 Å². The second-order valence-corrected chi connectivity index (χ2v) is 5.36. The van der Waals surface area contributed by atoms with Crippen LogP contribution in [0, 0.1) is 6.92 Å². The van der Waals surface area contributed by atoms with E-state index in [2.05, 4.69) is 10.4 Å². The van der Waals surface area contributed by atoms with Crippen molar-refractivity contribution in [2.75, 3.05) is 0 Å². The maximum absolute atomic E-state index is 12.1. The molecule has 1 aromatic carbocycles. The summed E-state index contributed by atoms with van der Waals surface area (Å²) in [5.41, 5.74) is 7.34. The van der Waals surface area contributed by atoms with Crippen LogP contribution in [0.3, 0.4) is 0 Å². The number of carbonyl (C=O) groups excluding carboxylic acids is 2. The van der Waals surface area contributed by atoms with Crippen LogP contribution >= 0.6 is 11.6 Å². The van der Waals surface area contributed by atoms with Gasteiger partial charge in [-0.25, -0.2) is 0 Å². The summed E-state index contributed by atoms with van der Waals surface area (Å²) in [7, 11) is 1.71. The van der Waals surface area contributed by atoms with Crippen LogP contribution in [0.5, 0.6) is 0 Å². The standard InChI is InChI=1S/C16H17ClN4O2/c1-10-12(15(17)21(2)20-10)8-9-13(22)19-14(16(18)23)11-6-4-3-5-7-11/h3-9,14H,1-2H3,(H2,18,23)(H,19,22)/b9-8+. The molecule has 7 heteroatoms. The van der Waals surface area contributed by atoms with E-state index in [-0.39, 0.29) is 0 Å². The molecule has 0 radical (unpaired) electrons. The lowest BCUT2D eigenvalue weighted by Crippen LogP contribution is -2.36. The van der Waals surface area contributed by atoms with Crippen molar-refractivity contribution in [3.8, 4) is 0 Å². The van der Waals surface area contributed by atoms with Crippen molar-refractivity contribution < 1.29 is 9.59 Å². The maximum atomic E-state index is 12.1. The minimum absolute atomic E-state index is 0.432. The third kappa shape index (κ3) is 3.98. The van der Waals surface area contributed by atoms with Crippen molar-refractivity contribution in [2.24, 2.45) is 12.8 Å². The van der Waals surface area contributed by atoms with Gasteiger partial charge in [-0.05, 0) is 18.6 Å². The van der Waals surface area contributed by atoms with Gasteiger partial charge in [-0.1, -0.05) is 41.9 Å². The molecule has 2 rings (SSSR count). The van der Waals surface area contributed by atoms with E-state index < -0.39 is 17.9 Å². The molecule has 6 nitrogen and oxygen atoms in total. The molecule has 1 unspecified atom stereocenters. The molecule has 0 fully saturated rings. The second-order valence-electron chi connectivity index (χ2n) is 5.00. The van der Waals surface area contributed by atoms with Gasteiger partial charge in [0.2, 0.25) is 11.8 Å². The molecular weight excluding hydrogens is 316 g/mol. The lowest BCUT2D eigenvalue weighted by molar-refractivity contribution is -0.125. The van der Waals surface area contributed by atoms with Crippen molar-refractivity contribution >= 4 is 29.5 Å². The highest BCUT2D eigenvalue weighted by atomic mass is 35.5. The third-order valence-corrected chi connectivity index (χ3v) is 3.75. The average molecular weight is 333 g/mol. The quantitative estimate of drug-likeness (QED) is 0.817. The molecule has 0 aliphatic rings. The number of hydrogen-bond donors (Lipinski definition) is 2. The number of hydrogen-bond acceptors (Lipinski definition) is 3. The molecule has 1 atom stereocenters. The molecule has 120 valence electrons. The Hall–Kier alpha value is -2.60. The zero-order valence-electron chi connectivity index (χ0n) is 12.8. The Balaban J connectivity index is 2.14. The molecule has 0 aliphatic carbocycles. The minimum atomic E-state index is -0.890. The summed E-state index contributed by atoms with van der Waals surface area (Å²) in [5, 5.41) is 7.16. The molecule has 23 heavy (non-hydrogen) atoms. The number of rotatable bonds is 5. The Morgan fingerprint density at radius 3 is 2.52 bits per heavy atom. The summed E-state index contributed by atoms with van der Waals surface area (Å²) < 4.78 is 1.52. The number of nitrogens with two attached hydrogens (primary N) is 1. The molecule has 0 saturated heterocycles. The van der Waals surface area contributed by atoms with Gasteiger partial charge >= 0.3 is 0 Å². The number of amides is 2. The van der Waals surface area contributed by atoms with E-state index in [0.29, 0.717) is 22.0 Å². The molecule has 2 amide bonds. The first-order valence-electron chi connectivity index (χ1n) is 6.92. The summed E-state index contributed by atoms with van der Waals surface area (Å²) in [6.45, 7) is 1.79. The topological polar surface area (TPSA) is 90.0 Å². The lowest BCUT2D eigenvalue weighted by atomic mass is 10.1. The third-order valence-electron chi connectivity index (χ3n) is 3.30. The zero-order chi connectivity index (χ0) is 17.0. The normalized spacial score (nSPS) is 12.3. The summed E-state index contributed by atoms with van der Waals surface area (Å²) in [6.07, 6.45) is 2.86. The van der Waals surface area contributed by atoms with Crippen LogP contribution in [0.4, 0.5) is 0 Å². The predicted octanol–water partition coefficient (Wildman–Crippen LogP) is 1.74. The smallest absolute Gasteiger partial charge is 0.244 e. The van der Waals surface area contributed by atoms with Gasteiger partial charge in [-0.15, -0.1) is 0 Å². The van der Waals surface area contributed by atoms with Crippen LogP contribution in [0.15, 0.2) is 36.4 Å². The molecular formula is C16H17ClN4O2. The Labute approximate surface area is 138 Å². The summed E-state index contributed by atoms with van der Waals surface area (Å²) in [4.78, 5) is 23.6.